The average Bonchev–Trinajstić information content (AvgIpc) is 2.97. The largest absolute Gasteiger partial charge is 0.352 e. The van der Waals surface area contributed by atoms with E-state index in [9.17, 15) is 18.0 Å². The molecule has 7 nitrogen and oxygen atoms in total. The monoisotopic (exact) mass is 649 g/mol. The number of amides is 2. The van der Waals surface area contributed by atoms with Gasteiger partial charge in [0.05, 0.1) is 10.6 Å². The second kappa shape index (κ2) is 14.1. The summed E-state index contributed by atoms with van der Waals surface area (Å²) in [6.07, 6.45) is 4.97. The Kier molecular flexibility index (Phi) is 10.8. The van der Waals surface area contributed by atoms with Crippen molar-refractivity contribution in [2.75, 3.05) is 10.8 Å². The van der Waals surface area contributed by atoms with Crippen LogP contribution in [0.15, 0.2) is 71.6 Å². The van der Waals surface area contributed by atoms with Crippen LogP contribution in [0.4, 0.5) is 5.69 Å². The lowest BCUT2D eigenvalue weighted by atomic mass is 9.95. The molecule has 0 unspecified atom stereocenters. The number of rotatable bonds is 10. The molecule has 4 rings (SSSR count). The summed E-state index contributed by atoms with van der Waals surface area (Å²) in [4.78, 5) is 29.0. The molecule has 2 amide bonds. The van der Waals surface area contributed by atoms with Crippen molar-refractivity contribution in [3.8, 4) is 0 Å². The normalized spacial score (nSPS) is 14.7. The van der Waals surface area contributed by atoms with Crippen molar-refractivity contribution in [3.63, 3.8) is 0 Å². The second-order valence-corrected chi connectivity index (χ2v) is 13.6. The highest BCUT2D eigenvalue weighted by Gasteiger charge is 2.34. The number of nitrogens with zero attached hydrogens (tertiary/aromatic N) is 2. The third-order valence-electron chi connectivity index (χ3n) is 7.59. The number of anilines is 1. The lowest BCUT2D eigenvalue weighted by Crippen LogP contribution is -2.53. The average molecular weight is 651 g/mol. The summed E-state index contributed by atoms with van der Waals surface area (Å²) in [6, 6.07) is 16.8. The number of halogens is 3. The van der Waals surface area contributed by atoms with Gasteiger partial charge in [-0.1, -0.05) is 84.4 Å². The zero-order valence-corrected chi connectivity index (χ0v) is 26.6. The number of carbonyl (C=O) groups is 2. The van der Waals surface area contributed by atoms with Gasteiger partial charge in [-0.25, -0.2) is 8.42 Å². The highest BCUT2D eigenvalue weighted by molar-refractivity contribution is 7.92. The first-order valence-corrected chi connectivity index (χ1v) is 16.4. The summed E-state index contributed by atoms with van der Waals surface area (Å²) in [5, 5.41) is 4.21. The van der Waals surface area contributed by atoms with Crippen LogP contribution >= 0.6 is 34.8 Å². The Hall–Kier alpha value is -2.78. The fourth-order valence-electron chi connectivity index (χ4n) is 5.08. The standard InChI is InChI=1S/C31H34Cl3N3O4S/c1-21-27(33)14-9-15-29(21)37(42(40,41)26-12-7-4-8-13-26)20-30(38)36(19-23-16-17-24(32)18-28(23)34)22(2)31(39)35-25-10-5-3-6-11-25/h4,7-9,12-18,22,25H,3,5-6,10-11,19-20H2,1-2H3,(H,35,39)/t22-/m0/s1. The van der Waals surface area contributed by atoms with Gasteiger partial charge >= 0.3 is 0 Å². The molecule has 0 aliphatic heterocycles. The van der Waals surface area contributed by atoms with E-state index in [1.807, 2.05) is 0 Å². The van der Waals surface area contributed by atoms with Crippen molar-refractivity contribution in [2.45, 2.75) is 69.5 Å². The van der Waals surface area contributed by atoms with E-state index < -0.39 is 28.5 Å². The molecule has 1 aliphatic rings. The highest BCUT2D eigenvalue weighted by Crippen LogP contribution is 2.31. The van der Waals surface area contributed by atoms with E-state index in [0.29, 0.717) is 26.2 Å². The molecule has 0 spiro atoms. The molecule has 1 fully saturated rings. The van der Waals surface area contributed by atoms with Crippen molar-refractivity contribution >= 4 is 62.3 Å². The van der Waals surface area contributed by atoms with Crippen LogP contribution in [0.5, 0.6) is 0 Å². The maximum absolute atomic E-state index is 14.2. The molecule has 11 heteroatoms. The molecule has 1 aliphatic carbocycles. The van der Waals surface area contributed by atoms with Gasteiger partial charge in [-0.15, -0.1) is 0 Å². The Labute approximate surface area is 262 Å². The number of carbonyl (C=O) groups excluding carboxylic acids is 2. The van der Waals surface area contributed by atoms with E-state index in [1.54, 1.807) is 68.4 Å². The lowest BCUT2D eigenvalue weighted by molar-refractivity contribution is -0.139. The third kappa shape index (κ3) is 7.59. The SMILES string of the molecule is Cc1c(Cl)cccc1N(CC(=O)N(Cc1ccc(Cl)cc1Cl)[C@@H](C)C(=O)NC1CCCCC1)S(=O)(=O)c1ccccc1. The summed E-state index contributed by atoms with van der Waals surface area (Å²) < 4.78 is 29.0. The summed E-state index contributed by atoms with van der Waals surface area (Å²) in [5.41, 5.74) is 1.34. The first-order valence-electron chi connectivity index (χ1n) is 13.9. The van der Waals surface area contributed by atoms with E-state index in [1.165, 1.54) is 17.0 Å². The predicted molar refractivity (Wildman–Crippen MR) is 169 cm³/mol. The minimum atomic E-state index is -4.19. The topological polar surface area (TPSA) is 86.8 Å². The van der Waals surface area contributed by atoms with Gasteiger partial charge in [0.2, 0.25) is 11.8 Å². The quantitative estimate of drug-likeness (QED) is 0.256. The minimum absolute atomic E-state index is 0.0209. The molecule has 0 saturated heterocycles. The van der Waals surface area contributed by atoms with Crippen LogP contribution in [0, 0.1) is 6.92 Å². The predicted octanol–water partition coefficient (Wildman–Crippen LogP) is 7.02. The fourth-order valence-corrected chi connectivity index (χ4v) is 7.21. The van der Waals surface area contributed by atoms with Crippen LogP contribution in [0.1, 0.15) is 50.2 Å². The number of hydrogen-bond donors (Lipinski definition) is 1. The Morgan fingerprint density at radius 2 is 1.62 bits per heavy atom. The number of hydrogen-bond acceptors (Lipinski definition) is 4. The molecule has 1 N–H and O–H groups in total. The highest BCUT2D eigenvalue weighted by atomic mass is 35.5. The van der Waals surface area contributed by atoms with Crippen molar-refractivity contribution in [1.82, 2.24) is 10.2 Å². The molecule has 3 aromatic rings. The molecule has 3 aromatic carbocycles. The van der Waals surface area contributed by atoms with E-state index in [0.717, 1.165) is 36.4 Å². The van der Waals surface area contributed by atoms with E-state index in [-0.39, 0.29) is 29.1 Å². The van der Waals surface area contributed by atoms with Gasteiger partial charge in [0.1, 0.15) is 12.6 Å². The van der Waals surface area contributed by atoms with Gasteiger partial charge in [0, 0.05) is 27.7 Å². The zero-order valence-electron chi connectivity index (χ0n) is 23.5. The molecule has 224 valence electrons. The number of sulfonamides is 1. The van der Waals surface area contributed by atoms with Crippen LogP contribution in [-0.4, -0.2) is 43.8 Å². The first-order chi connectivity index (χ1) is 20.0. The number of benzene rings is 3. The van der Waals surface area contributed by atoms with Crippen molar-refractivity contribution in [3.05, 3.63) is 92.9 Å². The van der Waals surface area contributed by atoms with Gasteiger partial charge in [0.25, 0.3) is 10.0 Å². The smallest absolute Gasteiger partial charge is 0.264 e. The molecular formula is C31H34Cl3N3O4S. The summed E-state index contributed by atoms with van der Waals surface area (Å²) in [7, 11) is -4.19. The van der Waals surface area contributed by atoms with Gasteiger partial charge in [-0.05, 0) is 74.2 Å². The van der Waals surface area contributed by atoms with Gasteiger partial charge in [0.15, 0.2) is 0 Å². The van der Waals surface area contributed by atoms with E-state index in [2.05, 4.69) is 5.32 Å². The van der Waals surface area contributed by atoms with Crippen molar-refractivity contribution < 1.29 is 18.0 Å². The Morgan fingerprint density at radius 3 is 2.29 bits per heavy atom. The lowest BCUT2D eigenvalue weighted by Gasteiger charge is -2.33. The van der Waals surface area contributed by atoms with Gasteiger partial charge in [-0.2, -0.15) is 0 Å². The van der Waals surface area contributed by atoms with Gasteiger partial charge in [-0.3, -0.25) is 13.9 Å². The van der Waals surface area contributed by atoms with E-state index in [4.69, 9.17) is 34.8 Å². The first kappa shape index (κ1) is 32.1. The Bertz CT molecular complexity index is 1530. The van der Waals surface area contributed by atoms with Gasteiger partial charge < -0.3 is 10.2 Å². The maximum Gasteiger partial charge on any atom is 0.264 e. The molecule has 0 aromatic heterocycles. The molecule has 1 atom stereocenters. The molecule has 42 heavy (non-hydrogen) atoms. The summed E-state index contributed by atoms with van der Waals surface area (Å²) in [5.74, 6) is -0.886. The minimum Gasteiger partial charge on any atom is -0.352 e. The van der Waals surface area contributed by atoms with Crippen LogP contribution in [0.25, 0.3) is 0 Å². The van der Waals surface area contributed by atoms with Crippen LogP contribution in [-0.2, 0) is 26.2 Å². The second-order valence-electron chi connectivity index (χ2n) is 10.5. The third-order valence-corrected chi connectivity index (χ3v) is 10.4. The summed E-state index contributed by atoms with van der Waals surface area (Å²) in [6.45, 7) is 2.74. The molecule has 0 heterocycles. The molecule has 0 radical (unpaired) electrons. The molecular weight excluding hydrogens is 617 g/mol. The molecule has 0 bridgehead atoms. The Morgan fingerprint density at radius 1 is 0.929 bits per heavy atom. The van der Waals surface area contributed by atoms with Crippen LogP contribution < -0.4 is 9.62 Å². The molecule has 1 saturated carbocycles. The maximum atomic E-state index is 14.2. The summed E-state index contributed by atoms with van der Waals surface area (Å²) >= 11 is 18.9. The van der Waals surface area contributed by atoms with Crippen molar-refractivity contribution in [2.24, 2.45) is 0 Å². The Balaban J connectivity index is 1.72. The van der Waals surface area contributed by atoms with Crippen molar-refractivity contribution in [1.29, 1.82) is 0 Å². The fraction of sp³-hybridized carbons (Fsp3) is 0.355. The van der Waals surface area contributed by atoms with Crippen LogP contribution in [0.2, 0.25) is 15.1 Å². The number of nitrogens with one attached hydrogen (secondary N) is 1. The van der Waals surface area contributed by atoms with Crippen LogP contribution in [0.3, 0.4) is 0 Å². The van der Waals surface area contributed by atoms with E-state index >= 15 is 0 Å². The zero-order chi connectivity index (χ0) is 30.4.